The third kappa shape index (κ3) is 4.13. The molecule has 1 N–H and O–H groups in total. The number of anilines is 1. The van der Waals surface area contributed by atoms with Gasteiger partial charge in [-0.05, 0) is 38.2 Å². The number of carbonyl (C=O) groups is 1. The molecule has 1 aromatic carbocycles. The number of hydrogen-bond donors (Lipinski definition) is 1. The molecular weight excluding hydrogens is 390 g/mol. The zero-order chi connectivity index (χ0) is 21.3. The molecule has 4 rings (SSSR count). The second-order valence-electron chi connectivity index (χ2n) is 8.23. The van der Waals surface area contributed by atoms with Crippen molar-refractivity contribution in [1.82, 2.24) is 14.7 Å². The Labute approximate surface area is 175 Å². The highest BCUT2D eigenvalue weighted by atomic mass is 19.3. The average Bonchev–Trinajstić information content (AvgIpc) is 3.13. The summed E-state index contributed by atoms with van der Waals surface area (Å²) in [6, 6.07) is 8.31. The van der Waals surface area contributed by atoms with E-state index in [1.165, 1.54) is 4.68 Å². The molecule has 2 aromatic rings. The highest BCUT2D eigenvalue weighted by Gasteiger charge is 2.38. The molecule has 1 saturated heterocycles. The highest BCUT2D eigenvalue weighted by Crippen LogP contribution is 2.36. The first kappa shape index (κ1) is 20.6. The van der Waals surface area contributed by atoms with E-state index in [-0.39, 0.29) is 24.3 Å². The summed E-state index contributed by atoms with van der Waals surface area (Å²) in [6.07, 6.45) is -0.0949. The SMILES string of the molecule is COc1ccccc1CC(=O)N1CCC[C@@H]([C@@H]2C[C@H](C(F)F)n3nc(C)cc3N2)C1. The summed E-state index contributed by atoms with van der Waals surface area (Å²) in [5.41, 5.74) is 1.58. The number of benzene rings is 1. The van der Waals surface area contributed by atoms with Crippen molar-refractivity contribution in [3.63, 3.8) is 0 Å². The van der Waals surface area contributed by atoms with E-state index in [0.717, 1.165) is 24.1 Å². The lowest BCUT2D eigenvalue weighted by molar-refractivity contribution is -0.132. The number of alkyl halides is 2. The number of para-hydroxylation sites is 1. The van der Waals surface area contributed by atoms with E-state index in [0.29, 0.717) is 31.1 Å². The smallest absolute Gasteiger partial charge is 0.260 e. The fourth-order valence-corrected chi connectivity index (χ4v) is 4.69. The highest BCUT2D eigenvalue weighted by molar-refractivity contribution is 5.79. The van der Waals surface area contributed by atoms with Crippen LogP contribution in [0.2, 0.25) is 0 Å². The Bertz CT molecular complexity index is 901. The van der Waals surface area contributed by atoms with Gasteiger partial charge < -0.3 is 15.0 Å². The first-order valence-electron chi connectivity index (χ1n) is 10.5. The van der Waals surface area contributed by atoms with Crippen LogP contribution in [0.4, 0.5) is 14.6 Å². The minimum atomic E-state index is -2.47. The van der Waals surface area contributed by atoms with Crippen molar-refractivity contribution in [1.29, 1.82) is 0 Å². The van der Waals surface area contributed by atoms with Crippen LogP contribution in [0.5, 0.6) is 5.75 Å². The Hall–Kier alpha value is -2.64. The van der Waals surface area contributed by atoms with Crippen LogP contribution in [-0.4, -0.2) is 53.3 Å². The van der Waals surface area contributed by atoms with Gasteiger partial charge in [0.25, 0.3) is 6.43 Å². The summed E-state index contributed by atoms with van der Waals surface area (Å²) in [5, 5.41) is 7.65. The minimum Gasteiger partial charge on any atom is -0.496 e. The molecule has 0 bridgehead atoms. The molecule has 0 aliphatic carbocycles. The Morgan fingerprint density at radius 1 is 1.37 bits per heavy atom. The molecule has 1 amide bonds. The number of fused-ring (bicyclic) bond motifs is 1. The van der Waals surface area contributed by atoms with Crippen LogP contribution in [0.15, 0.2) is 30.3 Å². The van der Waals surface area contributed by atoms with E-state index in [9.17, 15) is 13.6 Å². The van der Waals surface area contributed by atoms with E-state index in [1.807, 2.05) is 42.2 Å². The molecule has 1 aromatic heterocycles. The van der Waals surface area contributed by atoms with Gasteiger partial charge in [-0.25, -0.2) is 13.5 Å². The largest absolute Gasteiger partial charge is 0.496 e. The van der Waals surface area contributed by atoms with Gasteiger partial charge in [0.2, 0.25) is 5.91 Å². The van der Waals surface area contributed by atoms with E-state index >= 15 is 0 Å². The lowest BCUT2D eigenvalue weighted by Gasteiger charge is -2.41. The van der Waals surface area contributed by atoms with Gasteiger partial charge in [-0.2, -0.15) is 5.10 Å². The van der Waals surface area contributed by atoms with Crippen LogP contribution in [-0.2, 0) is 11.2 Å². The number of hydrogen-bond acceptors (Lipinski definition) is 4. The van der Waals surface area contributed by atoms with Gasteiger partial charge in [-0.1, -0.05) is 18.2 Å². The van der Waals surface area contributed by atoms with Crippen molar-refractivity contribution in [2.75, 3.05) is 25.5 Å². The molecule has 2 aliphatic heterocycles. The maximum atomic E-state index is 13.7. The summed E-state index contributed by atoms with van der Waals surface area (Å²) < 4.78 is 34.2. The van der Waals surface area contributed by atoms with Crippen LogP contribution >= 0.6 is 0 Å². The first-order valence-corrected chi connectivity index (χ1v) is 10.5. The molecule has 3 atom stereocenters. The van der Waals surface area contributed by atoms with Crippen molar-refractivity contribution in [2.24, 2.45) is 5.92 Å². The number of nitrogens with one attached hydrogen (secondary N) is 1. The Kier molecular flexibility index (Phi) is 5.92. The normalized spacial score (nSPS) is 23.8. The van der Waals surface area contributed by atoms with Crippen molar-refractivity contribution < 1.29 is 18.3 Å². The third-order valence-electron chi connectivity index (χ3n) is 6.21. The molecule has 8 heteroatoms. The first-order chi connectivity index (χ1) is 14.5. The van der Waals surface area contributed by atoms with Gasteiger partial charge in [-0.3, -0.25) is 4.79 Å². The van der Waals surface area contributed by atoms with Crippen LogP contribution < -0.4 is 10.1 Å². The van der Waals surface area contributed by atoms with Gasteiger partial charge >= 0.3 is 0 Å². The van der Waals surface area contributed by atoms with Gasteiger partial charge in [-0.15, -0.1) is 0 Å². The number of ether oxygens (including phenoxy) is 1. The number of nitrogens with zero attached hydrogens (tertiary/aromatic N) is 3. The Balaban J connectivity index is 1.45. The van der Waals surface area contributed by atoms with E-state index in [1.54, 1.807) is 7.11 Å². The lowest BCUT2D eigenvalue weighted by Crippen LogP contribution is -2.48. The number of piperidine rings is 1. The maximum absolute atomic E-state index is 13.7. The van der Waals surface area contributed by atoms with Gasteiger partial charge in [0.15, 0.2) is 0 Å². The second kappa shape index (κ2) is 8.62. The summed E-state index contributed by atoms with van der Waals surface area (Å²) in [4.78, 5) is 14.8. The fraction of sp³-hybridized carbons (Fsp3) is 0.545. The van der Waals surface area contributed by atoms with Crippen LogP contribution in [0, 0.1) is 12.8 Å². The second-order valence-corrected chi connectivity index (χ2v) is 8.23. The molecule has 0 spiro atoms. The number of aryl methyl sites for hydroxylation is 1. The van der Waals surface area contributed by atoms with Crippen molar-refractivity contribution in [2.45, 2.75) is 51.1 Å². The monoisotopic (exact) mass is 418 g/mol. The molecule has 1 fully saturated rings. The fourth-order valence-electron chi connectivity index (χ4n) is 4.69. The van der Waals surface area contributed by atoms with Crippen molar-refractivity contribution in [3.8, 4) is 5.75 Å². The van der Waals surface area contributed by atoms with Gasteiger partial charge in [0, 0.05) is 30.8 Å². The van der Waals surface area contributed by atoms with E-state index in [2.05, 4.69) is 10.4 Å². The number of carbonyl (C=O) groups excluding carboxylic acids is 1. The maximum Gasteiger partial charge on any atom is 0.260 e. The number of amides is 1. The van der Waals surface area contributed by atoms with Crippen LogP contribution in [0.25, 0.3) is 0 Å². The number of rotatable bonds is 5. The van der Waals surface area contributed by atoms with E-state index in [4.69, 9.17) is 4.74 Å². The molecule has 0 saturated carbocycles. The molecule has 6 nitrogen and oxygen atoms in total. The minimum absolute atomic E-state index is 0.0475. The number of methoxy groups -OCH3 is 1. The molecule has 162 valence electrons. The molecular formula is C22H28F2N4O2. The van der Waals surface area contributed by atoms with Gasteiger partial charge in [0.05, 0.1) is 19.2 Å². The van der Waals surface area contributed by atoms with Crippen LogP contribution in [0.3, 0.4) is 0 Å². The summed E-state index contributed by atoms with van der Waals surface area (Å²) >= 11 is 0. The van der Waals surface area contributed by atoms with E-state index < -0.39 is 12.5 Å². The molecule has 3 heterocycles. The summed E-state index contributed by atoms with van der Waals surface area (Å²) in [7, 11) is 1.60. The quantitative estimate of drug-likeness (QED) is 0.805. The molecule has 30 heavy (non-hydrogen) atoms. The zero-order valence-corrected chi connectivity index (χ0v) is 17.4. The van der Waals surface area contributed by atoms with Crippen molar-refractivity contribution >= 4 is 11.7 Å². The Morgan fingerprint density at radius 3 is 2.93 bits per heavy atom. The predicted molar refractivity (Wildman–Crippen MR) is 110 cm³/mol. The Morgan fingerprint density at radius 2 is 2.17 bits per heavy atom. The number of halogens is 2. The molecule has 2 aliphatic rings. The van der Waals surface area contributed by atoms with Gasteiger partial charge in [0.1, 0.15) is 17.6 Å². The summed E-state index contributed by atoms with van der Waals surface area (Å²) in [5.74, 6) is 1.53. The zero-order valence-electron chi connectivity index (χ0n) is 17.4. The number of aromatic nitrogens is 2. The summed E-state index contributed by atoms with van der Waals surface area (Å²) in [6.45, 7) is 3.09. The lowest BCUT2D eigenvalue weighted by atomic mass is 9.85. The molecule has 0 unspecified atom stereocenters. The predicted octanol–water partition coefficient (Wildman–Crippen LogP) is 3.67. The third-order valence-corrected chi connectivity index (χ3v) is 6.21. The topological polar surface area (TPSA) is 59.4 Å². The standard InChI is InChI=1S/C22H28F2N4O2/c1-14-10-20-25-17(12-18(22(23)24)28(20)26-14)16-7-5-9-27(13-16)21(29)11-15-6-3-4-8-19(15)30-2/h3-4,6,8,10,16-18,22,25H,5,7,9,11-13H2,1-2H3/t16-,17+,18-/m1/s1. The number of likely N-dealkylation sites (tertiary alicyclic amines) is 1. The molecule has 0 radical (unpaired) electrons. The van der Waals surface area contributed by atoms with Crippen molar-refractivity contribution in [3.05, 3.63) is 41.6 Å². The van der Waals surface area contributed by atoms with Crippen LogP contribution in [0.1, 0.15) is 36.6 Å². The average molecular weight is 418 g/mol.